The summed E-state index contributed by atoms with van der Waals surface area (Å²) in [4.78, 5) is 16.7. The molecular weight excluding hydrogens is 352 g/mol. The van der Waals surface area contributed by atoms with Crippen LogP contribution < -0.4 is 0 Å². The lowest BCUT2D eigenvalue weighted by atomic mass is 10.2. The molecule has 0 aliphatic heterocycles. The molecule has 1 amide bonds. The Balaban J connectivity index is 2.62. The first-order chi connectivity index (χ1) is 10.0. The molecule has 0 aliphatic rings. The number of rotatable bonds is 8. The second-order valence-corrected chi connectivity index (χ2v) is 6.16. The fraction of sp³-hybridized carbons (Fsp3) is 0.562. The van der Waals surface area contributed by atoms with Crippen LogP contribution >= 0.6 is 27.5 Å². The van der Waals surface area contributed by atoms with Crippen LogP contribution in [0.2, 0.25) is 5.02 Å². The maximum Gasteiger partial charge on any atom is 0.253 e. The third kappa shape index (κ3) is 5.61. The van der Waals surface area contributed by atoms with Gasteiger partial charge in [0.2, 0.25) is 0 Å². The second-order valence-electron chi connectivity index (χ2n) is 4.89. The van der Waals surface area contributed by atoms with Crippen LogP contribution in [0.4, 0.5) is 0 Å². The SMILES string of the molecule is CCN(CC)CCCN(CC)C(=O)c1ccc(Br)c(Cl)c1. The van der Waals surface area contributed by atoms with Crippen LogP contribution in [-0.4, -0.2) is 48.4 Å². The van der Waals surface area contributed by atoms with E-state index in [0.29, 0.717) is 17.1 Å². The summed E-state index contributed by atoms with van der Waals surface area (Å²) in [5.41, 5.74) is 0.646. The van der Waals surface area contributed by atoms with Crippen molar-refractivity contribution in [2.75, 3.05) is 32.7 Å². The van der Waals surface area contributed by atoms with E-state index in [9.17, 15) is 4.79 Å². The molecule has 0 N–H and O–H groups in total. The molecule has 0 spiro atoms. The molecule has 0 bridgehead atoms. The van der Waals surface area contributed by atoms with E-state index >= 15 is 0 Å². The Morgan fingerprint density at radius 2 is 1.81 bits per heavy atom. The summed E-state index contributed by atoms with van der Waals surface area (Å²) in [6.07, 6.45) is 0.992. The van der Waals surface area contributed by atoms with Crippen molar-refractivity contribution in [2.24, 2.45) is 0 Å². The van der Waals surface area contributed by atoms with Gasteiger partial charge in [-0.2, -0.15) is 0 Å². The molecule has 21 heavy (non-hydrogen) atoms. The molecule has 5 heteroatoms. The van der Waals surface area contributed by atoms with Crippen LogP contribution in [0.15, 0.2) is 22.7 Å². The summed E-state index contributed by atoms with van der Waals surface area (Å²) in [6, 6.07) is 5.35. The summed E-state index contributed by atoms with van der Waals surface area (Å²) in [5.74, 6) is 0.0476. The molecule has 1 rings (SSSR count). The highest BCUT2D eigenvalue weighted by atomic mass is 79.9. The summed E-state index contributed by atoms with van der Waals surface area (Å²) in [6.45, 7) is 11.0. The Bertz CT molecular complexity index is 464. The average molecular weight is 376 g/mol. The minimum absolute atomic E-state index is 0.0476. The van der Waals surface area contributed by atoms with E-state index in [1.807, 2.05) is 24.0 Å². The Hall–Kier alpha value is -0.580. The molecule has 0 saturated carbocycles. The molecule has 1 aromatic rings. The standard InChI is InChI=1S/C16H24BrClN2O/c1-4-19(5-2)10-7-11-20(6-3)16(21)13-8-9-14(17)15(18)12-13/h8-9,12H,4-7,10-11H2,1-3H3. The summed E-state index contributed by atoms with van der Waals surface area (Å²) in [5, 5.41) is 0.569. The zero-order valence-electron chi connectivity index (χ0n) is 13.0. The van der Waals surface area contributed by atoms with Crippen LogP contribution in [0.5, 0.6) is 0 Å². The van der Waals surface area contributed by atoms with Crippen molar-refractivity contribution in [3.05, 3.63) is 33.3 Å². The van der Waals surface area contributed by atoms with Gasteiger partial charge in [0.05, 0.1) is 5.02 Å². The Kier molecular flexibility index (Phi) is 8.30. The first kappa shape index (κ1) is 18.5. The van der Waals surface area contributed by atoms with Crippen molar-refractivity contribution in [1.29, 1.82) is 0 Å². The monoisotopic (exact) mass is 374 g/mol. The van der Waals surface area contributed by atoms with E-state index in [-0.39, 0.29) is 5.91 Å². The molecule has 0 unspecified atom stereocenters. The van der Waals surface area contributed by atoms with E-state index in [4.69, 9.17) is 11.6 Å². The van der Waals surface area contributed by atoms with Crippen molar-refractivity contribution in [3.8, 4) is 0 Å². The smallest absolute Gasteiger partial charge is 0.253 e. The van der Waals surface area contributed by atoms with Gasteiger partial charge in [0, 0.05) is 23.1 Å². The van der Waals surface area contributed by atoms with Gasteiger partial charge < -0.3 is 9.80 Å². The van der Waals surface area contributed by atoms with Gasteiger partial charge in [-0.3, -0.25) is 4.79 Å². The molecule has 118 valence electrons. The summed E-state index contributed by atoms with van der Waals surface area (Å²) in [7, 11) is 0. The molecule has 0 atom stereocenters. The van der Waals surface area contributed by atoms with Crippen molar-refractivity contribution in [3.63, 3.8) is 0 Å². The minimum atomic E-state index is 0.0476. The van der Waals surface area contributed by atoms with Crippen LogP contribution in [-0.2, 0) is 0 Å². The number of halogens is 2. The summed E-state index contributed by atoms with van der Waals surface area (Å²) >= 11 is 9.41. The number of carbonyl (C=O) groups is 1. The number of carbonyl (C=O) groups excluding carboxylic acids is 1. The highest BCUT2D eigenvalue weighted by Crippen LogP contribution is 2.23. The lowest BCUT2D eigenvalue weighted by Gasteiger charge is -2.24. The van der Waals surface area contributed by atoms with Gasteiger partial charge in [-0.25, -0.2) is 0 Å². The van der Waals surface area contributed by atoms with Gasteiger partial charge in [-0.15, -0.1) is 0 Å². The molecule has 0 heterocycles. The third-order valence-corrected chi connectivity index (χ3v) is 4.86. The van der Waals surface area contributed by atoms with Gasteiger partial charge in [0.1, 0.15) is 0 Å². The fourth-order valence-electron chi connectivity index (χ4n) is 2.24. The Morgan fingerprint density at radius 3 is 2.33 bits per heavy atom. The van der Waals surface area contributed by atoms with E-state index in [0.717, 1.165) is 37.1 Å². The van der Waals surface area contributed by atoms with Crippen molar-refractivity contribution in [2.45, 2.75) is 27.2 Å². The van der Waals surface area contributed by atoms with Gasteiger partial charge >= 0.3 is 0 Å². The topological polar surface area (TPSA) is 23.6 Å². The molecule has 1 aromatic carbocycles. The first-order valence-electron chi connectivity index (χ1n) is 7.50. The molecule has 3 nitrogen and oxygen atoms in total. The lowest BCUT2D eigenvalue weighted by molar-refractivity contribution is 0.0757. The van der Waals surface area contributed by atoms with Crippen LogP contribution in [0.1, 0.15) is 37.6 Å². The predicted octanol–water partition coefficient (Wildman–Crippen LogP) is 4.30. The maximum absolute atomic E-state index is 12.5. The number of amides is 1. The van der Waals surface area contributed by atoms with Crippen LogP contribution in [0.3, 0.4) is 0 Å². The summed E-state index contributed by atoms with van der Waals surface area (Å²) < 4.78 is 0.810. The molecule has 0 fully saturated rings. The normalized spacial score (nSPS) is 11.0. The number of benzene rings is 1. The number of hydrogen-bond donors (Lipinski definition) is 0. The highest BCUT2D eigenvalue weighted by Gasteiger charge is 2.15. The van der Waals surface area contributed by atoms with Crippen molar-refractivity contribution >= 4 is 33.4 Å². The number of hydrogen-bond acceptors (Lipinski definition) is 2. The fourth-order valence-corrected chi connectivity index (χ4v) is 2.67. The number of nitrogens with zero attached hydrogens (tertiary/aromatic N) is 2. The van der Waals surface area contributed by atoms with Gasteiger partial charge in [0.15, 0.2) is 0 Å². The highest BCUT2D eigenvalue weighted by molar-refractivity contribution is 9.10. The van der Waals surface area contributed by atoms with Gasteiger partial charge in [-0.05, 0) is 67.1 Å². The first-order valence-corrected chi connectivity index (χ1v) is 8.67. The molecule has 0 radical (unpaired) electrons. The zero-order chi connectivity index (χ0) is 15.8. The molecule has 0 saturated heterocycles. The van der Waals surface area contributed by atoms with Crippen molar-refractivity contribution in [1.82, 2.24) is 9.80 Å². The minimum Gasteiger partial charge on any atom is -0.339 e. The van der Waals surface area contributed by atoms with Crippen molar-refractivity contribution < 1.29 is 4.79 Å². The van der Waals surface area contributed by atoms with E-state index in [1.165, 1.54) is 0 Å². The molecule has 0 aliphatic carbocycles. The molecular formula is C16H24BrClN2O. The van der Waals surface area contributed by atoms with Gasteiger partial charge in [0.25, 0.3) is 5.91 Å². The second kappa shape index (κ2) is 9.44. The van der Waals surface area contributed by atoms with E-state index in [2.05, 4.69) is 34.7 Å². The van der Waals surface area contributed by atoms with E-state index in [1.54, 1.807) is 6.07 Å². The van der Waals surface area contributed by atoms with Crippen LogP contribution in [0.25, 0.3) is 0 Å². The van der Waals surface area contributed by atoms with E-state index < -0.39 is 0 Å². The van der Waals surface area contributed by atoms with Gasteiger partial charge in [-0.1, -0.05) is 25.4 Å². The lowest BCUT2D eigenvalue weighted by Crippen LogP contribution is -2.34. The Morgan fingerprint density at radius 1 is 1.14 bits per heavy atom. The average Bonchev–Trinajstić information content (AvgIpc) is 2.50. The zero-order valence-corrected chi connectivity index (χ0v) is 15.4. The largest absolute Gasteiger partial charge is 0.339 e. The molecule has 0 aromatic heterocycles. The van der Waals surface area contributed by atoms with Crippen LogP contribution in [0, 0.1) is 0 Å². The predicted molar refractivity (Wildman–Crippen MR) is 93.1 cm³/mol. The Labute approximate surface area is 141 Å². The quantitative estimate of drug-likeness (QED) is 0.676. The third-order valence-electron chi connectivity index (χ3n) is 3.63. The maximum atomic E-state index is 12.5.